The molecule has 0 atom stereocenters. The molecule has 1 aliphatic rings. The molecule has 0 radical (unpaired) electrons. The highest BCUT2D eigenvalue weighted by Crippen LogP contribution is 2.18. The molecule has 1 saturated heterocycles. The smallest absolute Gasteiger partial charge is 0.254 e. The molecule has 0 spiro atoms. The Balaban J connectivity index is 1.46. The number of hydrogen-bond donors (Lipinski definition) is 0. The summed E-state index contributed by atoms with van der Waals surface area (Å²) in [4.78, 5) is 18.6. The average Bonchev–Trinajstić information content (AvgIpc) is 3.29. The number of benzene rings is 1. The van der Waals surface area contributed by atoms with E-state index in [2.05, 4.69) is 10.1 Å². The van der Waals surface area contributed by atoms with Crippen molar-refractivity contribution in [3.05, 3.63) is 72.8 Å². The Labute approximate surface area is 163 Å². The van der Waals surface area contributed by atoms with Gasteiger partial charge in [0.2, 0.25) is 10.0 Å². The minimum absolute atomic E-state index is 0.118. The Morgan fingerprint density at radius 2 is 1.79 bits per heavy atom. The number of carbonyl (C=O) groups excluding carboxylic acids is 1. The normalized spacial score (nSPS) is 15.5. The van der Waals surface area contributed by atoms with Crippen molar-refractivity contribution in [2.45, 2.75) is 4.90 Å². The molecule has 3 aromatic rings. The second-order valence-corrected chi connectivity index (χ2v) is 8.32. The maximum atomic E-state index is 12.9. The summed E-state index contributed by atoms with van der Waals surface area (Å²) >= 11 is 0. The number of aromatic nitrogens is 3. The number of hydrogen-bond acceptors (Lipinski definition) is 5. The van der Waals surface area contributed by atoms with Gasteiger partial charge in [-0.1, -0.05) is 6.07 Å². The summed E-state index contributed by atoms with van der Waals surface area (Å²) in [5, 5.41) is 4.18. The lowest BCUT2D eigenvalue weighted by molar-refractivity contribution is 0.0698. The van der Waals surface area contributed by atoms with Crippen molar-refractivity contribution in [3.63, 3.8) is 0 Å². The Morgan fingerprint density at radius 3 is 2.46 bits per heavy atom. The molecule has 8 nitrogen and oxygen atoms in total. The minimum Gasteiger partial charge on any atom is -0.336 e. The van der Waals surface area contributed by atoms with Crippen LogP contribution in [0.5, 0.6) is 0 Å². The van der Waals surface area contributed by atoms with Gasteiger partial charge in [-0.05, 0) is 36.4 Å². The van der Waals surface area contributed by atoms with Gasteiger partial charge in [-0.2, -0.15) is 9.40 Å². The standard InChI is InChI=1S/C19H19N5O3S/c25-19(16-4-1-5-17(14-16)24-9-3-8-21-24)22-10-12-23(13-11-22)28(26,27)18-6-2-7-20-15-18/h1-9,14-15H,10-13H2. The molecule has 0 N–H and O–H groups in total. The van der Waals surface area contributed by atoms with Crippen LogP contribution in [0.2, 0.25) is 0 Å². The van der Waals surface area contributed by atoms with Crippen LogP contribution in [-0.2, 0) is 10.0 Å². The van der Waals surface area contributed by atoms with Gasteiger partial charge in [-0.15, -0.1) is 0 Å². The molecule has 0 unspecified atom stereocenters. The molecule has 2 aromatic heterocycles. The van der Waals surface area contributed by atoms with Crippen LogP contribution in [0.25, 0.3) is 5.69 Å². The molecular weight excluding hydrogens is 378 g/mol. The lowest BCUT2D eigenvalue weighted by atomic mass is 10.1. The highest BCUT2D eigenvalue weighted by Gasteiger charge is 2.30. The fourth-order valence-corrected chi connectivity index (χ4v) is 4.55. The Morgan fingerprint density at radius 1 is 0.964 bits per heavy atom. The zero-order chi connectivity index (χ0) is 19.6. The van der Waals surface area contributed by atoms with E-state index in [1.54, 1.807) is 34.0 Å². The predicted molar refractivity (Wildman–Crippen MR) is 102 cm³/mol. The minimum atomic E-state index is -3.59. The van der Waals surface area contributed by atoms with Gasteiger partial charge >= 0.3 is 0 Å². The molecular formula is C19H19N5O3S. The molecule has 0 saturated carbocycles. The zero-order valence-corrected chi connectivity index (χ0v) is 15.9. The van der Waals surface area contributed by atoms with Crippen molar-refractivity contribution in [2.24, 2.45) is 0 Å². The molecule has 3 heterocycles. The third-order valence-electron chi connectivity index (χ3n) is 4.66. The Bertz CT molecular complexity index is 1060. The fourth-order valence-electron chi connectivity index (χ4n) is 3.17. The number of carbonyl (C=O) groups is 1. The number of pyridine rings is 1. The van der Waals surface area contributed by atoms with Gasteiger partial charge in [0, 0.05) is 56.5 Å². The van der Waals surface area contributed by atoms with Crippen molar-refractivity contribution in [1.29, 1.82) is 0 Å². The van der Waals surface area contributed by atoms with Crippen molar-refractivity contribution in [1.82, 2.24) is 24.0 Å². The van der Waals surface area contributed by atoms with Gasteiger partial charge in [0.1, 0.15) is 4.90 Å². The average molecular weight is 397 g/mol. The van der Waals surface area contributed by atoms with Gasteiger partial charge in [-0.3, -0.25) is 9.78 Å². The highest BCUT2D eigenvalue weighted by atomic mass is 32.2. The molecule has 4 rings (SSSR count). The summed E-state index contributed by atoms with van der Waals surface area (Å²) in [7, 11) is -3.59. The van der Waals surface area contributed by atoms with E-state index in [1.165, 1.54) is 22.8 Å². The van der Waals surface area contributed by atoms with E-state index in [-0.39, 0.29) is 23.9 Å². The van der Waals surface area contributed by atoms with E-state index in [0.717, 1.165) is 5.69 Å². The molecule has 144 valence electrons. The molecule has 0 bridgehead atoms. The van der Waals surface area contributed by atoms with Gasteiger partial charge in [0.25, 0.3) is 5.91 Å². The van der Waals surface area contributed by atoms with Crippen LogP contribution in [0.1, 0.15) is 10.4 Å². The lowest BCUT2D eigenvalue weighted by Crippen LogP contribution is -2.50. The summed E-state index contributed by atoms with van der Waals surface area (Å²) in [6, 6.07) is 12.2. The van der Waals surface area contributed by atoms with E-state index in [4.69, 9.17) is 0 Å². The zero-order valence-electron chi connectivity index (χ0n) is 15.0. The van der Waals surface area contributed by atoms with Gasteiger partial charge in [0.05, 0.1) is 5.69 Å². The SMILES string of the molecule is O=C(c1cccc(-n2cccn2)c1)N1CCN(S(=O)(=O)c2cccnc2)CC1. The molecule has 1 amide bonds. The third-order valence-corrected chi connectivity index (χ3v) is 6.54. The van der Waals surface area contributed by atoms with Gasteiger partial charge < -0.3 is 4.90 Å². The summed E-state index contributed by atoms with van der Waals surface area (Å²) in [6.07, 6.45) is 6.36. The first-order valence-electron chi connectivity index (χ1n) is 8.85. The van der Waals surface area contributed by atoms with Crippen molar-refractivity contribution >= 4 is 15.9 Å². The summed E-state index contributed by atoms with van der Waals surface area (Å²) < 4.78 is 28.5. The van der Waals surface area contributed by atoms with Crippen LogP contribution in [0.3, 0.4) is 0 Å². The van der Waals surface area contributed by atoms with Gasteiger partial charge in [-0.25, -0.2) is 13.1 Å². The molecule has 9 heteroatoms. The maximum absolute atomic E-state index is 12.9. The van der Waals surface area contributed by atoms with Crippen LogP contribution < -0.4 is 0 Å². The Hall–Kier alpha value is -3.04. The molecule has 1 fully saturated rings. The van der Waals surface area contributed by atoms with Crippen LogP contribution in [0.4, 0.5) is 0 Å². The van der Waals surface area contributed by atoms with E-state index >= 15 is 0 Å². The number of sulfonamides is 1. The van der Waals surface area contributed by atoms with E-state index in [1.807, 2.05) is 24.4 Å². The highest BCUT2D eigenvalue weighted by molar-refractivity contribution is 7.89. The fraction of sp³-hybridized carbons (Fsp3) is 0.211. The van der Waals surface area contributed by atoms with Crippen molar-refractivity contribution < 1.29 is 13.2 Å². The van der Waals surface area contributed by atoms with E-state index in [9.17, 15) is 13.2 Å². The Kier molecular flexibility index (Phi) is 4.93. The van der Waals surface area contributed by atoms with E-state index < -0.39 is 10.0 Å². The van der Waals surface area contributed by atoms with Gasteiger partial charge in [0.15, 0.2) is 0 Å². The molecule has 1 aliphatic heterocycles. The lowest BCUT2D eigenvalue weighted by Gasteiger charge is -2.34. The maximum Gasteiger partial charge on any atom is 0.254 e. The number of nitrogens with zero attached hydrogens (tertiary/aromatic N) is 5. The van der Waals surface area contributed by atoms with Crippen molar-refractivity contribution in [2.75, 3.05) is 26.2 Å². The van der Waals surface area contributed by atoms with Crippen LogP contribution in [-0.4, -0.2) is 64.5 Å². The second-order valence-electron chi connectivity index (χ2n) is 6.39. The van der Waals surface area contributed by atoms with Crippen LogP contribution >= 0.6 is 0 Å². The number of rotatable bonds is 4. The number of amides is 1. The molecule has 28 heavy (non-hydrogen) atoms. The quantitative estimate of drug-likeness (QED) is 0.664. The first-order valence-corrected chi connectivity index (χ1v) is 10.3. The second kappa shape index (κ2) is 7.53. The van der Waals surface area contributed by atoms with Crippen LogP contribution in [0.15, 0.2) is 72.1 Å². The van der Waals surface area contributed by atoms with E-state index in [0.29, 0.717) is 18.7 Å². The van der Waals surface area contributed by atoms with Crippen molar-refractivity contribution in [3.8, 4) is 5.69 Å². The monoisotopic (exact) mass is 397 g/mol. The number of piperazine rings is 1. The summed E-state index contributed by atoms with van der Waals surface area (Å²) in [5.41, 5.74) is 1.35. The first kappa shape index (κ1) is 18.3. The third kappa shape index (κ3) is 3.54. The largest absolute Gasteiger partial charge is 0.336 e. The predicted octanol–water partition coefficient (Wildman–Crippen LogP) is 1.41. The topological polar surface area (TPSA) is 88.4 Å². The molecule has 1 aromatic carbocycles. The summed E-state index contributed by atoms with van der Waals surface area (Å²) in [6.45, 7) is 1.18. The summed E-state index contributed by atoms with van der Waals surface area (Å²) in [5.74, 6) is -0.118. The first-order chi connectivity index (χ1) is 13.6. The molecule has 0 aliphatic carbocycles. The van der Waals surface area contributed by atoms with Crippen LogP contribution in [0, 0.1) is 0 Å².